The van der Waals surface area contributed by atoms with Gasteiger partial charge in [-0.2, -0.15) is 0 Å². The largest absolute Gasteiger partial charge is 0.506 e. The summed E-state index contributed by atoms with van der Waals surface area (Å²) >= 11 is 11.0. The highest BCUT2D eigenvalue weighted by molar-refractivity contribution is 9.11. The molecule has 0 atom stereocenters. The van der Waals surface area contributed by atoms with Crippen LogP contribution in [0.25, 0.3) is 6.08 Å². The Kier molecular flexibility index (Phi) is 4.02. The predicted molar refractivity (Wildman–Crippen MR) is 80.4 cm³/mol. The molecule has 8 heteroatoms. The number of phenolic OH excluding ortho intramolecular Hbond substituents is 1. The quantitative estimate of drug-likeness (QED) is 0.378. The number of amides is 2. The third-order valence-corrected chi connectivity index (χ3v) is 3.71. The van der Waals surface area contributed by atoms with Crippen LogP contribution in [0.15, 0.2) is 26.7 Å². The molecule has 2 rings (SSSR count). The summed E-state index contributed by atoms with van der Waals surface area (Å²) in [5.74, 6) is -1.08. The molecule has 1 heterocycles. The van der Waals surface area contributed by atoms with Crippen molar-refractivity contribution >= 4 is 67.1 Å². The van der Waals surface area contributed by atoms with Crippen LogP contribution in [0.2, 0.25) is 0 Å². The van der Waals surface area contributed by atoms with E-state index in [4.69, 9.17) is 12.2 Å². The average molecular weight is 406 g/mol. The van der Waals surface area contributed by atoms with Crippen LogP contribution in [0.4, 0.5) is 0 Å². The molecule has 0 aromatic heterocycles. The van der Waals surface area contributed by atoms with Gasteiger partial charge in [-0.15, -0.1) is 0 Å². The molecule has 98 valence electrons. The molecule has 1 fully saturated rings. The molecule has 0 unspecified atom stereocenters. The molecule has 2 amide bonds. The van der Waals surface area contributed by atoms with Crippen LogP contribution in [0.3, 0.4) is 0 Å². The fourth-order valence-corrected chi connectivity index (χ4v) is 2.85. The van der Waals surface area contributed by atoms with Crippen molar-refractivity contribution < 1.29 is 14.7 Å². The summed E-state index contributed by atoms with van der Waals surface area (Å²) in [5.41, 5.74) is 0.516. The number of halogens is 2. The van der Waals surface area contributed by atoms with Crippen molar-refractivity contribution in [3.8, 4) is 5.75 Å². The minimum Gasteiger partial charge on any atom is -0.506 e. The second kappa shape index (κ2) is 5.40. The lowest BCUT2D eigenvalue weighted by molar-refractivity contribution is -0.123. The van der Waals surface area contributed by atoms with Gasteiger partial charge in [-0.3, -0.25) is 20.2 Å². The Labute approximate surface area is 130 Å². The van der Waals surface area contributed by atoms with E-state index >= 15 is 0 Å². The standard InChI is InChI=1S/C11H6Br2N2O3S/c12-6-2-4(3-7(13)8(6)16)1-5-9(17)14-11(19)15-10(5)18/h1-3,16H,(H2,14,15,17,18,19). The second-order valence-corrected chi connectivity index (χ2v) is 5.75. The summed E-state index contributed by atoms with van der Waals surface area (Å²) < 4.78 is 0.891. The fraction of sp³-hybridized carbons (Fsp3) is 0. The first-order chi connectivity index (χ1) is 8.88. The molecule has 1 aromatic carbocycles. The average Bonchev–Trinajstić information content (AvgIpc) is 2.30. The first-order valence-electron chi connectivity index (χ1n) is 4.95. The number of aromatic hydroxyl groups is 1. The van der Waals surface area contributed by atoms with Gasteiger partial charge in [0.15, 0.2) is 5.11 Å². The van der Waals surface area contributed by atoms with Gasteiger partial charge in [-0.05, 0) is 67.8 Å². The Hall–Kier alpha value is -1.25. The lowest BCUT2D eigenvalue weighted by Gasteiger charge is -2.16. The van der Waals surface area contributed by atoms with E-state index < -0.39 is 11.8 Å². The summed E-state index contributed by atoms with van der Waals surface area (Å²) in [6.07, 6.45) is 1.40. The normalized spacial score (nSPS) is 15.1. The number of rotatable bonds is 1. The maximum Gasteiger partial charge on any atom is 0.263 e. The summed E-state index contributed by atoms with van der Waals surface area (Å²) in [7, 11) is 0. The van der Waals surface area contributed by atoms with Crippen molar-refractivity contribution in [3.63, 3.8) is 0 Å². The molecule has 1 aliphatic heterocycles. The van der Waals surface area contributed by atoms with Gasteiger partial charge < -0.3 is 5.11 Å². The highest BCUT2D eigenvalue weighted by atomic mass is 79.9. The zero-order valence-corrected chi connectivity index (χ0v) is 13.1. The molecule has 3 N–H and O–H groups in total. The maximum atomic E-state index is 11.7. The predicted octanol–water partition coefficient (Wildman–Crippen LogP) is 1.83. The first kappa shape index (κ1) is 14.2. The van der Waals surface area contributed by atoms with Gasteiger partial charge in [0, 0.05) is 0 Å². The molecule has 0 spiro atoms. The number of carbonyl (C=O) groups excluding carboxylic acids is 2. The number of benzene rings is 1. The van der Waals surface area contributed by atoms with E-state index in [1.54, 1.807) is 12.1 Å². The third-order valence-electron chi connectivity index (χ3n) is 2.29. The summed E-state index contributed by atoms with van der Waals surface area (Å²) in [6.45, 7) is 0. The number of thiocarbonyl (C=S) groups is 1. The van der Waals surface area contributed by atoms with Crippen molar-refractivity contribution in [1.29, 1.82) is 0 Å². The Morgan fingerprint density at radius 3 is 2.05 bits per heavy atom. The Bertz CT molecular complexity index is 598. The highest BCUT2D eigenvalue weighted by Crippen LogP contribution is 2.34. The van der Waals surface area contributed by atoms with Crippen molar-refractivity contribution in [2.24, 2.45) is 0 Å². The fourth-order valence-electron chi connectivity index (χ4n) is 1.44. The minimum absolute atomic E-state index is 0.0137. The number of carbonyl (C=O) groups is 2. The van der Waals surface area contributed by atoms with Gasteiger partial charge in [0.05, 0.1) is 8.95 Å². The Morgan fingerprint density at radius 1 is 1.11 bits per heavy atom. The molecular formula is C11H6Br2N2O3S. The summed E-state index contributed by atoms with van der Waals surface area (Å²) in [4.78, 5) is 23.3. The number of hydrogen-bond donors (Lipinski definition) is 3. The van der Waals surface area contributed by atoms with Crippen molar-refractivity contribution in [3.05, 3.63) is 32.2 Å². The van der Waals surface area contributed by atoms with E-state index in [1.165, 1.54) is 6.08 Å². The van der Waals surface area contributed by atoms with Crippen LogP contribution in [-0.4, -0.2) is 22.0 Å². The van der Waals surface area contributed by atoms with Crippen LogP contribution in [0.1, 0.15) is 5.56 Å². The van der Waals surface area contributed by atoms with Gasteiger partial charge in [-0.25, -0.2) is 0 Å². The van der Waals surface area contributed by atoms with Gasteiger partial charge in [0.2, 0.25) is 0 Å². The zero-order chi connectivity index (χ0) is 14.2. The van der Waals surface area contributed by atoms with Crippen molar-refractivity contribution in [1.82, 2.24) is 10.6 Å². The highest BCUT2D eigenvalue weighted by Gasteiger charge is 2.25. The van der Waals surface area contributed by atoms with Crippen LogP contribution in [-0.2, 0) is 9.59 Å². The van der Waals surface area contributed by atoms with E-state index in [0.717, 1.165) is 0 Å². The molecule has 0 bridgehead atoms. The van der Waals surface area contributed by atoms with E-state index in [2.05, 4.69) is 42.5 Å². The molecule has 0 aliphatic carbocycles. The van der Waals surface area contributed by atoms with Gasteiger partial charge >= 0.3 is 0 Å². The number of phenols is 1. The molecule has 19 heavy (non-hydrogen) atoms. The molecule has 1 saturated heterocycles. The van der Waals surface area contributed by atoms with Gasteiger partial charge in [-0.1, -0.05) is 0 Å². The maximum absolute atomic E-state index is 11.7. The molecule has 0 saturated carbocycles. The van der Waals surface area contributed by atoms with Crippen LogP contribution >= 0.6 is 44.1 Å². The lowest BCUT2D eigenvalue weighted by Crippen LogP contribution is -2.51. The topological polar surface area (TPSA) is 78.4 Å². The second-order valence-electron chi connectivity index (χ2n) is 3.63. The Balaban J connectivity index is 2.43. The van der Waals surface area contributed by atoms with Crippen LogP contribution < -0.4 is 10.6 Å². The van der Waals surface area contributed by atoms with E-state index in [9.17, 15) is 14.7 Å². The molecule has 1 aromatic rings. The van der Waals surface area contributed by atoms with Crippen LogP contribution in [0, 0.1) is 0 Å². The summed E-state index contributed by atoms with van der Waals surface area (Å²) in [5, 5.41) is 14.3. The molecule has 0 radical (unpaired) electrons. The number of nitrogens with one attached hydrogen (secondary N) is 2. The molecule has 1 aliphatic rings. The van der Waals surface area contributed by atoms with Gasteiger partial charge in [0.1, 0.15) is 11.3 Å². The van der Waals surface area contributed by atoms with E-state index in [1.807, 2.05) is 0 Å². The smallest absolute Gasteiger partial charge is 0.263 e. The summed E-state index contributed by atoms with van der Waals surface area (Å²) in [6, 6.07) is 3.17. The Morgan fingerprint density at radius 2 is 1.58 bits per heavy atom. The number of hydrogen-bond acceptors (Lipinski definition) is 4. The van der Waals surface area contributed by atoms with E-state index in [-0.39, 0.29) is 16.4 Å². The minimum atomic E-state index is -0.561. The molecular weight excluding hydrogens is 400 g/mol. The van der Waals surface area contributed by atoms with Crippen molar-refractivity contribution in [2.45, 2.75) is 0 Å². The zero-order valence-electron chi connectivity index (χ0n) is 9.16. The van der Waals surface area contributed by atoms with Crippen LogP contribution in [0.5, 0.6) is 5.75 Å². The lowest BCUT2D eigenvalue weighted by atomic mass is 10.1. The SMILES string of the molecule is O=C1NC(=S)NC(=O)C1=Cc1cc(Br)c(O)c(Br)c1. The first-order valence-corrected chi connectivity index (χ1v) is 6.94. The van der Waals surface area contributed by atoms with Crippen molar-refractivity contribution in [2.75, 3.05) is 0 Å². The molecule has 5 nitrogen and oxygen atoms in total. The van der Waals surface area contributed by atoms with E-state index in [0.29, 0.717) is 14.5 Å². The van der Waals surface area contributed by atoms with Gasteiger partial charge in [0.25, 0.3) is 11.8 Å². The monoisotopic (exact) mass is 404 g/mol. The third kappa shape index (κ3) is 3.02.